The van der Waals surface area contributed by atoms with Gasteiger partial charge in [0.15, 0.2) is 0 Å². The zero-order valence-corrected chi connectivity index (χ0v) is 8.95. The molecule has 0 aromatic heterocycles. The summed E-state index contributed by atoms with van der Waals surface area (Å²) >= 11 is 0. The van der Waals surface area contributed by atoms with Gasteiger partial charge < -0.3 is 10.3 Å². The molecule has 0 fully saturated rings. The van der Waals surface area contributed by atoms with Gasteiger partial charge in [-0.2, -0.15) is 0 Å². The fraction of sp³-hybridized carbons (Fsp3) is 0.333. The van der Waals surface area contributed by atoms with E-state index in [9.17, 15) is 0 Å². The molecule has 0 saturated heterocycles. The van der Waals surface area contributed by atoms with E-state index in [2.05, 4.69) is 9.47 Å². The van der Waals surface area contributed by atoms with Crippen LogP contribution in [0.5, 0.6) is 5.75 Å². The third kappa shape index (κ3) is 3.10. The van der Waals surface area contributed by atoms with Crippen molar-refractivity contribution < 1.29 is 4.52 Å². The first-order valence-electron chi connectivity index (χ1n) is 3.97. The molecule has 0 saturated carbocycles. The Morgan fingerprint density at radius 1 is 1.33 bits per heavy atom. The van der Waals surface area contributed by atoms with Gasteiger partial charge >= 0.3 is 0 Å². The van der Waals surface area contributed by atoms with E-state index in [0.29, 0.717) is 11.4 Å². The maximum atomic E-state index is 5.59. The molecule has 0 amide bonds. The molecule has 1 aromatic rings. The van der Waals surface area contributed by atoms with E-state index in [0.717, 1.165) is 5.56 Å². The topological polar surface area (TPSA) is 35.2 Å². The van der Waals surface area contributed by atoms with Crippen LogP contribution in [0.15, 0.2) is 18.2 Å². The maximum absolute atomic E-state index is 5.59. The van der Waals surface area contributed by atoms with E-state index >= 15 is 0 Å². The lowest BCUT2D eigenvalue weighted by atomic mass is 10.2. The number of hydrogen-bond donors (Lipinski definition) is 1. The molecule has 1 aromatic carbocycles. The summed E-state index contributed by atoms with van der Waals surface area (Å²) in [5, 5.41) is 0. The van der Waals surface area contributed by atoms with Crippen molar-refractivity contribution in [2.45, 2.75) is 20.8 Å². The van der Waals surface area contributed by atoms with Crippen LogP contribution >= 0.6 is 9.47 Å². The zero-order chi connectivity index (χ0) is 9.56. The Morgan fingerprint density at radius 2 is 1.92 bits per heavy atom. The largest absolute Gasteiger partial charge is 0.478 e. The molecule has 0 spiro atoms. The molecule has 1 rings (SSSR count). The normalized spacial score (nSPS) is 8.33. The molecule has 1 unspecified atom stereocenters. The van der Waals surface area contributed by atoms with Crippen molar-refractivity contribution in [3.05, 3.63) is 23.8 Å². The molecule has 3 heteroatoms. The fourth-order valence-electron chi connectivity index (χ4n) is 0.775. The van der Waals surface area contributed by atoms with Crippen LogP contribution in [0.3, 0.4) is 0 Å². The second-order valence-electron chi connectivity index (χ2n) is 2.16. The minimum atomic E-state index is 0.676. The summed E-state index contributed by atoms with van der Waals surface area (Å²) in [5.74, 6) is 0.704. The van der Waals surface area contributed by atoms with Crippen molar-refractivity contribution in [2.75, 3.05) is 5.73 Å². The Labute approximate surface area is 76.4 Å². The van der Waals surface area contributed by atoms with E-state index in [1.54, 1.807) is 0 Å². The Balaban J connectivity index is 0.000000561. The highest BCUT2D eigenvalue weighted by atomic mass is 31.0. The molecule has 0 aliphatic rings. The number of hydrogen-bond acceptors (Lipinski definition) is 2. The van der Waals surface area contributed by atoms with Gasteiger partial charge in [-0.1, -0.05) is 19.9 Å². The Bertz CT molecular complexity index is 238. The summed E-state index contributed by atoms with van der Waals surface area (Å²) in [7, 11) is 2.16. The van der Waals surface area contributed by atoms with Crippen molar-refractivity contribution in [1.82, 2.24) is 0 Å². The van der Waals surface area contributed by atoms with Crippen molar-refractivity contribution in [3.8, 4) is 5.75 Å². The third-order valence-corrected chi connectivity index (χ3v) is 1.55. The summed E-state index contributed by atoms with van der Waals surface area (Å²) in [4.78, 5) is 0. The van der Waals surface area contributed by atoms with Gasteiger partial charge in [0.2, 0.25) is 0 Å². The molecule has 0 aliphatic heterocycles. The van der Waals surface area contributed by atoms with Crippen molar-refractivity contribution in [1.29, 1.82) is 0 Å². The highest BCUT2D eigenvalue weighted by Crippen LogP contribution is 2.23. The predicted molar refractivity (Wildman–Crippen MR) is 57.3 cm³/mol. The fourth-order valence-corrected chi connectivity index (χ4v) is 0.990. The molecule has 0 heterocycles. The van der Waals surface area contributed by atoms with Crippen molar-refractivity contribution >= 4 is 15.2 Å². The SMILES string of the molecule is CC.Cc1ccc(OP)c(N)c1. The third-order valence-electron chi connectivity index (χ3n) is 1.29. The van der Waals surface area contributed by atoms with Gasteiger partial charge in [0.05, 0.1) is 15.2 Å². The minimum Gasteiger partial charge on any atom is -0.478 e. The van der Waals surface area contributed by atoms with E-state index in [-0.39, 0.29) is 0 Å². The average Bonchev–Trinajstić information content (AvgIpc) is 2.08. The van der Waals surface area contributed by atoms with Gasteiger partial charge in [0.25, 0.3) is 0 Å². The van der Waals surface area contributed by atoms with Crippen LogP contribution < -0.4 is 10.3 Å². The lowest BCUT2D eigenvalue weighted by molar-refractivity contribution is 0.649. The number of anilines is 1. The van der Waals surface area contributed by atoms with Crippen molar-refractivity contribution in [3.63, 3.8) is 0 Å². The highest BCUT2D eigenvalue weighted by Gasteiger charge is 1.95. The number of aryl methyl sites for hydroxylation is 1. The summed E-state index contributed by atoms with van der Waals surface area (Å²) in [6.45, 7) is 5.99. The number of benzene rings is 1. The number of nitrogen functional groups attached to an aromatic ring is 1. The summed E-state index contributed by atoms with van der Waals surface area (Å²) < 4.78 is 4.89. The van der Waals surface area contributed by atoms with E-state index in [4.69, 9.17) is 10.3 Å². The molecule has 68 valence electrons. The molecule has 0 radical (unpaired) electrons. The first-order valence-corrected chi connectivity index (χ1v) is 4.44. The maximum Gasteiger partial charge on any atom is 0.145 e. The van der Waals surface area contributed by atoms with Gasteiger partial charge in [-0.05, 0) is 24.6 Å². The van der Waals surface area contributed by atoms with Gasteiger partial charge in [0.1, 0.15) is 5.75 Å². The molecule has 12 heavy (non-hydrogen) atoms. The van der Waals surface area contributed by atoms with Gasteiger partial charge in [-0.3, -0.25) is 0 Å². The summed E-state index contributed by atoms with van der Waals surface area (Å²) in [6.07, 6.45) is 0. The summed E-state index contributed by atoms with van der Waals surface area (Å²) in [6, 6.07) is 5.67. The van der Waals surface area contributed by atoms with E-state index in [1.807, 2.05) is 39.0 Å². The van der Waals surface area contributed by atoms with Gasteiger partial charge in [-0.15, -0.1) is 0 Å². The van der Waals surface area contributed by atoms with Crippen LogP contribution in [0.2, 0.25) is 0 Å². The Kier molecular flexibility index (Phi) is 5.48. The quantitative estimate of drug-likeness (QED) is 0.539. The van der Waals surface area contributed by atoms with Crippen LogP contribution in [0.25, 0.3) is 0 Å². The van der Waals surface area contributed by atoms with Crippen molar-refractivity contribution in [2.24, 2.45) is 0 Å². The molecular formula is C9H16NOP. The zero-order valence-electron chi connectivity index (χ0n) is 7.79. The molecule has 0 bridgehead atoms. The lowest BCUT2D eigenvalue weighted by Gasteiger charge is -2.02. The second-order valence-corrected chi connectivity index (χ2v) is 2.39. The number of rotatable bonds is 1. The Morgan fingerprint density at radius 3 is 2.33 bits per heavy atom. The molecular weight excluding hydrogens is 169 g/mol. The smallest absolute Gasteiger partial charge is 0.145 e. The van der Waals surface area contributed by atoms with Crippen LogP contribution in [0.1, 0.15) is 19.4 Å². The lowest BCUT2D eigenvalue weighted by Crippen LogP contribution is -1.88. The van der Waals surface area contributed by atoms with Gasteiger partial charge in [-0.25, -0.2) is 0 Å². The first-order chi connectivity index (χ1) is 5.74. The van der Waals surface area contributed by atoms with Crippen LogP contribution in [-0.4, -0.2) is 0 Å². The predicted octanol–water partition coefficient (Wildman–Crippen LogP) is 2.77. The molecule has 2 N–H and O–H groups in total. The molecule has 0 aliphatic carbocycles. The number of nitrogens with two attached hydrogens (primary N) is 1. The van der Waals surface area contributed by atoms with Crippen LogP contribution in [-0.2, 0) is 0 Å². The monoisotopic (exact) mass is 185 g/mol. The average molecular weight is 185 g/mol. The highest BCUT2D eigenvalue weighted by molar-refractivity contribution is 7.10. The van der Waals surface area contributed by atoms with E-state index < -0.39 is 0 Å². The van der Waals surface area contributed by atoms with E-state index in [1.165, 1.54) is 0 Å². The Hall–Kier alpha value is -0.750. The second kappa shape index (κ2) is 5.84. The first kappa shape index (κ1) is 11.2. The molecule has 2 nitrogen and oxygen atoms in total. The standard InChI is InChI=1S/C7H10NOP.C2H6/c1-5-2-3-7(9-10)6(8)4-5;1-2/h2-4H,8,10H2,1H3;1-2H3. The van der Waals surface area contributed by atoms with Crippen LogP contribution in [0, 0.1) is 6.92 Å². The van der Waals surface area contributed by atoms with Gasteiger partial charge in [0, 0.05) is 0 Å². The minimum absolute atomic E-state index is 0.676. The molecule has 1 atom stereocenters. The van der Waals surface area contributed by atoms with Crippen LogP contribution in [0.4, 0.5) is 5.69 Å². The summed E-state index contributed by atoms with van der Waals surface area (Å²) in [5.41, 5.74) is 7.41.